The van der Waals surface area contributed by atoms with Crippen LogP contribution in [0.4, 0.5) is 5.82 Å². The third-order valence-corrected chi connectivity index (χ3v) is 4.37. The zero-order valence-corrected chi connectivity index (χ0v) is 14.2. The van der Waals surface area contributed by atoms with Gasteiger partial charge in [0, 0.05) is 51.3 Å². The van der Waals surface area contributed by atoms with Crippen molar-refractivity contribution in [3.05, 3.63) is 40.8 Å². The molecule has 0 aliphatic carbocycles. The molecule has 0 bridgehead atoms. The molecule has 0 saturated carbocycles. The molecule has 1 saturated heterocycles. The Morgan fingerprint density at radius 1 is 1.17 bits per heavy atom. The molecule has 0 aromatic carbocycles. The van der Waals surface area contributed by atoms with Crippen LogP contribution in [0.5, 0.6) is 0 Å². The Kier molecular flexibility index (Phi) is 5.38. The number of β-amino-alcohol motifs (C(OH)–C–C–N with tert-alkyl or cyclic N) is 1. The molecule has 0 amide bonds. The van der Waals surface area contributed by atoms with Gasteiger partial charge in [-0.1, -0.05) is 23.2 Å². The summed E-state index contributed by atoms with van der Waals surface area (Å²) in [6.45, 7) is 4.51. The van der Waals surface area contributed by atoms with Crippen molar-refractivity contribution in [3.63, 3.8) is 0 Å². The van der Waals surface area contributed by atoms with Crippen molar-refractivity contribution in [1.82, 2.24) is 19.7 Å². The monoisotopic (exact) mass is 355 g/mol. The summed E-state index contributed by atoms with van der Waals surface area (Å²) >= 11 is 12.1. The second-order valence-corrected chi connectivity index (χ2v) is 6.47. The van der Waals surface area contributed by atoms with Gasteiger partial charge >= 0.3 is 0 Å². The van der Waals surface area contributed by atoms with E-state index in [0.717, 1.165) is 32.0 Å². The van der Waals surface area contributed by atoms with Crippen LogP contribution >= 0.6 is 23.2 Å². The van der Waals surface area contributed by atoms with Crippen LogP contribution in [-0.2, 0) is 6.54 Å². The van der Waals surface area contributed by atoms with Crippen molar-refractivity contribution in [1.29, 1.82) is 0 Å². The van der Waals surface area contributed by atoms with Gasteiger partial charge in [0.2, 0.25) is 0 Å². The Morgan fingerprint density at radius 2 is 1.96 bits per heavy atom. The molecule has 1 aliphatic rings. The molecule has 124 valence electrons. The summed E-state index contributed by atoms with van der Waals surface area (Å²) in [5.41, 5.74) is 0. The van der Waals surface area contributed by atoms with Crippen molar-refractivity contribution in [2.24, 2.45) is 0 Å². The van der Waals surface area contributed by atoms with E-state index in [1.807, 2.05) is 12.3 Å². The van der Waals surface area contributed by atoms with Crippen LogP contribution in [0.2, 0.25) is 10.0 Å². The molecule has 1 unspecified atom stereocenters. The molecule has 3 heterocycles. The van der Waals surface area contributed by atoms with E-state index in [2.05, 4.69) is 19.9 Å². The lowest BCUT2D eigenvalue weighted by molar-refractivity contribution is 0.0920. The minimum Gasteiger partial charge on any atom is -0.390 e. The van der Waals surface area contributed by atoms with Gasteiger partial charge in [0.05, 0.1) is 22.7 Å². The molecule has 1 atom stereocenters. The van der Waals surface area contributed by atoms with E-state index in [1.165, 1.54) is 0 Å². The van der Waals surface area contributed by atoms with Crippen molar-refractivity contribution in [3.8, 4) is 0 Å². The van der Waals surface area contributed by atoms with Crippen molar-refractivity contribution in [2.75, 3.05) is 37.6 Å². The minimum atomic E-state index is -0.432. The average molecular weight is 356 g/mol. The predicted molar refractivity (Wildman–Crippen MR) is 91.1 cm³/mol. The number of piperazine rings is 1. The maximum absolute atomic E-state index is 10.2. The van der Waals surface area contributed by atoms with Crippen molar-refractivity contribution in [2.45, 2.75) is 12.6 Å². The highest BCUT2D eigenvalue weighted by Gasteiger charge is 2.21. The molecule has 2 aromatic heterocycles. The Hall–Kier alpha value is -1.34. The fourth-order valence-electron chi connectivity index (χ4n) is 2.76. The molecule has 1 fully saturated rings. The number of halogens is 2. The molecule has 1 aliphatic heterocycles. The summed E-state index contributed by atoms with van der Waals surface area (Å²) in [5.74, 6) is 0.771. The molecular formula is C15H19Cl2N5O. The second kappa shape index (κ2) is 7.49. The van der Waals surface area contributed by atoms with E-state index in [-0.39, 0.29) is 0 Å². The van der Waals surface area contributed by atoms with E-state index in [0.29, 0.717) is 23.1 Å². The minimum absolute atomic E-state index is 0.432. The predicted octanol–water partition coefficient (Wildman–Crippen LogP) is 1.77. The standard InChI is InChI=1S/C15H19Cl2N5O/c16-12-8-14(17)15(18-9-12)21-6-4-20(5-7-21)10-13(23)11-22-3-1-2-19-22/h1-3,8-9,13,23H,4-7,10-11H2. The van der Waals surface area contributed by atoms with E-state index in [4.69, 9.17) is 23.2 Å². The summed E-state index contributed by atoms with van der Waals surface area (Å²) in [6, 6.07) is 3.57. The van der Waals surface area contributed by atoms with E-state index in [1.54, 1.807) is 23.1 Å². The molecule has 3 rings (SSSR count). The number of rotatable bonds is 5. The SMILES string of the molecule is OC(CN1CCN(c2ncc(Cl)cc2Cl)CC1)Cn1cccn1. The number of aliphatic hydroxyl groups excluding tert-OH is 1. The van der Waals surface area contributed by atoms with Gasteiger partial charge in [-0.15, -0.1) is 0 Å². The van der Waals surface area contributed by atoms with Gasteiger partial charge in [-0.05, 0) is 12.1 Å². The Balaban J connectivity index is 1.50. The molecular weight excluding hydrogens is 337 g/mol. The van der Waals surface area contributed by atoms with Crippen LogP contribution < -0.4 is 4.90 Å². The smallest absolute Gasteiger partial charge is 0.147 e. The first-order valence-corrected chi connectivity index (χ1v) is 8.31. The maximum atomic E-state index is 10.2. The first-order chi connectivity index (χ1) is 11.1. The lowest BCUT2D eigenvalue weighted by Gasteiger charge is -2.36. The van der Waals surface area contributed by atoms with Crippen LogP contribution in [0.25, 0.3) is 0 Å². The number of aromatic nitrogens is 3. The number of hydrogen-bond acceptors (Lipinski definition) is 5. The zero-order chi connectivity index (χ0) is 16.2. The number of nitrogens with zero attached hydrogens (tertiary/aromatic N) is 5. The summed E-state index contributed by atoms with van der Waals surface area (Å²) in [6.07, 6.45) is 4.76. The molecule has 2 aromatic rings. The maximum Gasteiger partial charge on any atom is 0.147 e. The van der Waals surface area contributed by atoms with Crippen LogP contribution in [0.3, 0.4) is 0 Å². The van der Waals surface area contributed by atoms with Gasteiger partial charge in [-0.3, -0.25) is 9.58 Å². The lowest BCUT2D eigenvalue weighted by atomic mass is 10.2. The van der Waals surface area contributed by atoms with Gasteiger partial charge in [0.25, 0.3) is 0 Å². The van der Waals surface area contributed by atoms with Gasteiger partial charge in [0.1, 0.15) is 5.82 Å². The fraction of sp³-hybridized carbons (Fsp3) is 0.467. The van der Waals surface area contributed by atoms with Gasteiger partial charge < -0.3 is 10.0 Å². The Bertz CT molecular complexity index is 629. The van der Waals surface area contributed by atoms with Crippen LogP contribution in [-0.4, -0.2) is 63.6 Å². The van der Waals surface area contributed by atoms with E-state index in [9.17, 15) is 5.11 Å². The number of anilines is 1. The van der Waals surface area contributed by atoms with Gasteiger partial charge in [0.15, 0.2) is 0 Å². The van der Waals surface area contributed by atoms with Crippen molar-refractivity contribution < 1.29 is 5.11 Å². The third kappa shape index (κ3) is 4.35. The fourth-order valence-corrected chi connectivity index (χ4v) is 3.26. The Labute approximate surface area is 145 Å². The van der Waals surface area contributed by atoms with Crippen LogP contribution in [0.15, 0.2) is 30.7 Å². The van der Waals surface area contributed by atoms with E-state index < -0.39 is 6.10 Å². The normalized spacial score (nSPS) is 17.4. The largest absolute Gasteiger partial charge is 0.390 e. The summed E-state index contributed by atoms with van der Waals surface area (Å²) in [5, 5.41) is 15.4. The highest BCUT2D eigenvalue weighted by molar-refractivity contribution is 6.36. The van der Waals surface area contributed by atoms with Crippen molar-refractivity contribution >= 4 is 29.0 Å². The summed E-state index contributed by atoms with van der Waals surface area (Å²) < 4.78 is 1.75. The molecule has 8 heteroatoms. The zero-order valence-electron chi connectivity index (χ0n) is 12.6. The highest BCUT2D eigenvalue weighted by Crippen LogP contribution is 2.26. The summed E-state index contributed by atoms with van der Waals surface area (Å²) in [7, 11) is 0. The third-order valence-electron chi connectivity index (χ3n) is 3.89. The van der Waals surface area contributed by atoms with Gasteiger partial charge in [-0.25, -0.2) is 4.98 Å². The first-order valence-electron chi connectivity index (χ1n) is 7.55. The van der Waals surface area contributed by atoms with E-state index >= 15 is 0 Å². The molecule has 23 heavy (non-hydrogen) atoms. The lowest BCUT2D eigenvalue weighted by Crippen LogP contribution is -2.49. The number of aliphatic hydroxyl groups is 1. The number of hydrogen-bond donors (Lipinski definition) is 1. The van der Waals surface area contributed by atoms with Gasteiger partial charge in [-0.2, -0.15) is 5.10 Å². The molecule has 1 N–H and O–H groups in total. The molecule has 0 spiro atoms. The summed E-state index contributed by atoms with van der Waals surface area (Å²) in [4.78, 5) is 8.71. The quantitative estimate of drug-likeness (QED) is 0.885. The van der Waals surface area contributed by atoms with Crippen LogP contribution in [0, 0.1) is 0 Å². The molecule has 6 nitrogen and oxygen atoms in total. The van der Waals surface area contributed by atoms with Crippen LogP contribution in [0.1, 0.15) is 0 Å². The second-order valence-electron chi connectivity index (χ2n) is 5.63. The Morgan fingerprint density at radius 3 is 2.61 bits per heavy atom. The number of pyridine rings is 1. The molecule has 0 radical (unpaired) electrons. The highest BCUT2D eigenvalue weighted by atomic mass is 35.5. The average Bonchev–Trinajstić information content (AvgIpc) is 3.01. The topological polar surface area (TPSA) is 57.4 Å². The first kappa shape index (κ1) is 16.5.